The summed E-state index contributed by atoms with van der Waals surface area (Å²) in [6.45, 7) is 7.27. The standard InChI is InChI=1S/C16H25N3O.ClH/c1-12-3-4-15(13(2)9-12)18-16(20)11-19-7-5-14(10-17)6-8-19;/h3-4,9,14H,5-8,10-11,17H2,1-2H3,(H,18,20);1H. The van der Waals surface area contributed by atoms with E-state index >= 15 is 0 Å². The van der Waals surface area contributed by atoms with E-state index in [0.29, 0.717) is 12.5 Å². The molecule has 2 rings (SSSR count). The molecule has 0 aliphatic carbocycles. The predicted molar refractivity (Wildman–Crippen MR) is 90.0 cm³/mol. The number of rotatable bonds is 4. The highest BCUT2D eigenvalue weighted by molar-refractivity contribution is 5.93. The van der Waals surface area contributed by atoms with Gasteiger partial charge in [-0.05, 0) is 63.9 Å². The lowest BCUT2D eigenvalue weighted by molar-refractivity contribution is -0.117. The quantitative estimate of drug-likeness (QED) is 0.897. The Labute approximate surface area is 133 Å². The van der Waals surface area contributed by atoms with Crippen LogP contribution in [0.2, 0.25) is 0 Å². The second-order valence-electron chi connectivity index (χ2n) is 5.82. The van der Waals surface area contributed by atoms with E-state index in [1.54, 1.807) is 0 Å². The number of piperidine rings is 1. The third-order valence-electron chi connectivity index (χ3n) is 4.06. The van der Waals surface area contributed by atoms with Crippen LogP contribution in [0.3, 0.4) is 0 Å². The van der Waals surface area contributed by atoms with Gasteiger partial charge < -0.3 is 11.1 Å². The zero-order chi connectivity index (χ0) is 14.5. The number of nitrogens with one attached hydrogen (secondary N) is 1. The monoisotopic (exact) mass is 311 g/mol. The van der Waals surface area contributed by atoms with Gasteiger partial charge in [-0.1, -0.05) is 17.7 Å². The maximum atomic E-state index is 12.1. The summed E-state index contributed by atoms with van der Waals surface area (Å²) in [7, 11) is 0. The second kappa shape index (κ2) is 8.37. The lowest BCUT2D eigenvalue weighted by atomic mass is 9.97. The smallest absolute Gasteiger partial charge is 0.238 e. The van der Waals surface area contributed by atoms with Gasteiger partial charge in [-0.2, -0.15) is 0 Å². The van der Waals surface area contributed by atoms with Crippen LogP contribution in [0.4, 0.5) is 5.69 Å². The molecule has 0 radical (unpaired) electrons. The number of amides is 1. The van der Waals surface area contributed by atoms with Crippen LogP contribution in [0.15, 0.2) is 18.2 Å². The van der Waals surface area contributed by atoms with Crippen LogP contribution in [0.1, 0.15) is 24.0 Å². The van der Waals surface area contributed by atoms with Gasteiger partial charge in [0, 0.05) is 5.69 Å². The maximum absolute atomic E-state index is 12.1. The van der Waals surface area contributed by atoms with Crippen molar-refractivity contribution in [3.8, 4) is 0 Å². The fourth-order valence-corrected chi connectivity index (χ4v) is 2.73. The van der Waals surface area contributed by atoms with E-state index in [4.69, 9.17) is 5.73 Å². The molecule has 21 heavy (non-hydrogen) atoms. The van der Waals surface area contributed by atoms with E-state index in [1.165, 1.54) is 5.56 Å². The topological polar surface area (TPSA) is 58.4 Å². The number of carbonyl (C=O) groups excluding carboxylic acids is 1. The van der Waals surface area contributed by atoms with Crippen LogP contribution in [0, 0.1) is 19.8 Å². The van der Waals surface area contributed by atoms with E-state index in [2.05, 4.69) is 23.2 Å². The summed E-state index contributed by atoms with van der Waals surface area (Å²) in [5.41, 5.74) is 8.92. The normalized spacial score (nSPS) is 16.3. The highest BCUT2D eigenvalue weighted by Gasteiger charge is 2.19. The maximum Gasteiger partial charge on any atom is 0.238 e. The Bertz CT molecular complexity index is 471. The zero-order valence-corrected chi connectivity index (χ0v) is 13.7. The summed E-state index contributed by atoms with van der Waals surface area (Å²) in [5, 5.41) is 3.00. The number of nitrogens with two attached hydrogens (primary N) is 1. The van der Waals surface area contributed by atoms with Gasteiger partial charge in [-0.15, -0.1) is 12.4 Å². The fourth-order valence-electron chi connectivity index (χ4n) is 2.73. The summed E-state index contributed by atoms with van der Waals surface area (Å²) < 4.78 is 0. The molecule has 3 N–H and O–H groups in total. The number of hydrogen-bond donors (Lipinski definition) is 2. The molecule has 4 nitrogen and oxygen atoms in total. The van der Waals surface area contributed by atoms with Crippen molar-refractivity contribution >= 4 is 24.0 Å². The molecule has 0 atom stereocenters. The van der Waals surface area contributed by atoms with Crippen molar-refractivity contribution in [2.75, 3.05) is 31.5 Å². The minimum Gasteiger partial charge on any atom is -0.330 e. The van der Waals surface area contributed by atoms with Gasteiger partial charge >= 0.3 is 0 Å². The molecule has 1 saturated heterocycles. The van der Waals surface area contributed by atoms with Crippen LogP contribution >= 0.6 is 12.4 Å². The molecule has 0 spiro atoms. The Morgan fingerprint density at radius 2 is 2.00 bits per heavy atom. The van der Waals surface area contributed by atoms with Crippen molar-refractivity contribution in [1.29, 1.82) is 0 Å². The van der Waals surface area contributed by atoms with Gasteiger partial charge in [0.15, 0.2) is 0 Å². The number of aryl methyl sites for hydroxylation is 2. The molecule has 118 valence electrons. The van der Waals surface area contributed by atoms with Crippen molar-refractivity contribution in [3.63, 3.8) is 0 Å². The molecular weight excluding hydrogens is 286 g/mol. The van der Waals surface area contributed by atoms with Crippen molar-refractivity contribution in [2.24, 2.45) is 11.7 Å². The lowest BCUT2D eigenvalue weighted by Gasteiger charge is -2.30. The predicted octanol–water partition coefficient (Wildman–Crippen LogP) is 2.33. The fraction of sp³-hybridized carbons (Fsp3) is 0.562. The van der Waals surface area contributed by atoms with Gasteiger partial charge in [-0.25, -0.2) is 0 Å². The number of hydrogen-bond acceptors (Lipinski definition) is 3. The van der Waals surface area contributed by atoms with E-state index in [1.807, 2.05) is 19.1 Å². The Hall–Kier alpha value is -1.10. The molecule has 1 aliphatic heterocycles. The first-order valence-corrected chi connectivity index (χ1v) is 7.38. The third-order valence-corrected chi connectivity index (χ3v) is 4.06. The summed E-state index contributed by atoms with van der Waals surface area (Å²) in [5.74, 6) is 0.705. The van der Waals surface area contributed by atoms with Gasteiger partial charge in [0.2, 0.25) is 5.91 Å². The van der Waals surface area contributed by atoms with Crippen molar-refractivity contribution in [1.82, 2.24) is 4.90 Å². The van der Waals surface area contributed by atoms with E-state index in [0.717, 1.165) is 43.7 Å². The van der Waals surface area contributed by atoms with Gasteiger partial charge in [0.05, 0.1) is 6.54 Å². The molecule has 1 heterocycles. The molecule has 0 unspecified atom stereocenters. The SMILES string of the molecule is Cc1ccc(NC(=O)CN2CCC(CN)CC2)c(C)c1.Cl. The molecule has 0 bridgehead atoms. The van der Waals surface area contributed by atoms with Crippen LogP contribution < -0.4 is 11.1 Å². The molecule has 1 fully saturated rings. The zero-order valence-electron chi connectivity index (χ0n) is 12.9. The Morgan fingerprint density at radius 1 is 1.33 bits per heavy atom. The summed E-state index contributed by atoms with van der Waals surface area (Å²) >= 11 is 0. The number of benzene rings is 1. The van der Waals surface area contributed by atoms with Crippen LogP contribution in [-0.2, 0) is 4.79 Å². The second-order valence-corrected chi connectivity index (χ2v) is 5.82. The molecule has 1 amide bonds. The number of anilines is 1. The van der Waals surface area contributed by atoms with Crippen LogP contribution in [0.5, 0.6) is 0 Å². The van der Waals surface area contributed by atoms with Gasteiger partial charge in [0.25, 0.3) is 0 Å². The lowest BCUT2D eigenvalue weighted by Crippen LogP contribution is -2.40. The largest absolute Gasteiger partial charge is 0.330 e. The summed E-state index contributed by atoms with van der Waals surface area (Å²) in [6, 6.07) is 6.08. The highest BCUT2D eigenvalue weighted by Crippen LogP contribution is 2.17. The molecule has 0 saturated carbocycles. The van der Waals surface area contributed by atoms with E-state index < -0.39 is 0 Å². The average molecular weight is 312 g/mol. The number of nitrogens with zero attached hydrogens (tertiary/aromatic N) is 1. The van der Waals surface area contributed by atoms with E-state index in [-0.39, 0.29) is 18.3 Å². The molecule has 5 heteroatoms. The number of halogens is 1. The van der Waals surface area contributed by atoms with Gasteiger partial charge in [-0.3, -0.25) is 9.69 Å². The molecule has 1 aliphatic rings. The van der Waals surface area contributed by atoms with Crippen LogP contribution in [0.25, 0.3) is 0 Å². The van der Waals surface area contributed by atoms with Crippen LogP contribution in [-0.4, -0.2) is 37.0 Å². The molecule has 0 aromatic heterocycles. The van der Waals surface area contributed by atoms with Crippen molar-refractivity contribution in [3.05, 3.63) is 29.3 Å². The molecular formula is C16H26ClN3O. The Kier molecular flexibility index (Phi) is 7.15. The first-order chi connectivity index (χ1) is 9.58. The molecule has 1 aromatic rings. The average Bonchev–Trinajstić information content (AvgIpc) is 2.43. The highest BCUT2D eigenvalue weighted by atomic mass is 35.5. The van der Waals surface area contributed by atoms with Gasteiger partial charge in [0.1, 0.15) is 0 Å². The first kappa shape index (κ1) is 18.0. The molecule has 1 aromatic carbocycles. The third kappa shape index (κ3) is 5.30. The number of carbonyl (C=O) groups is 1. The Balaban J connectivity index is 0.00000220. The summed E-state index contributed by atoms with van der Waals surface area (Å²) in [4.78, 5) is 14.3. The van der Waals surface area contributed by atoms with E-state index in [9.17, 15) is 4.79 Å². The minimum atomic E-state index is 0. The first-order valence-electron chi connectivity index (χ1n) is 7.38. The Morgan fingerprint density at radius 3 is 2.57 bits per heavy atom. The summed E-state index contributed by atoms with van der Waals surface area (Å²) in [6.07, 6.45) is 2.21. The van der Waals surface area contributed by atoms with Crippen molar-refractivity contribution < 1.29 is 4.79 Å². The number of likely N-dealkylation sites (tertiary alicyclic amines) is 1. The van der Waals surface area contributed by atoms with Crippen molar-refractivity contribution in [2.45, 2.75) is 26.7 Å². The minimum absolute atomic E-state index is 0.